The van der Waals surface area contributed by atoms with E-state index in [0.29, 0.717) is 29.5 Å². The molecule has 424 valence electrons. The first-order valence-corrected chi connectivity index (χ1v) is 29.0. The summed E-state index contributed by atoms with van der Waals surface area (Å²) in [7, 11) is 2.13. The highest BCUT2D eigenvalue weighted by Crippen LogP contribution is 2.25. The molecule has 23 heteroatoms. The van der Waals surface area contributed by atoms with E-state index in [-0.39, 0.29) is 55.9 Å². The van der Waals surface area contributed by atoms with Crippen LogP contribution in [0.5, 0.6) is 5.75 Å². The van der Waals surface area contributed by atoms with Crippen LogP contribution in [-0.2, 0) is 64.0 Å². The van der Waals surface area contributed by atoms with E-state index in [4.69, 9.17) is 17.2 Å². The monoisotopic (exact) mass is 1130 g/mol. The van der Waals surface area contributed by atoms with E-state index >= 15 is 0 Å². The van der Waals surface area contributed by atoms with Gasteiger partial charge in [-0.2, -0.15) is 0 Å². The van der Waals surface area contributed by atoms with Crippen molar-refractivity contribution >= 4 is 90.7 Å². The summed E-state index contributed by atoms with van der Waals surface area (Å²) in [4.78, 5) is 121. The summed E-state index contributed by atoms with van der Waals surface area (Å²) in [6.07, 6.45) is 4.31. The number of carbonyl (C=O) groups excluding carboxylic acids is 8. The van der Waals surface area contributed by atoms with Crippen LogP contribution in [0.25, 0.3) is 21.8 Å². The number of phenols is 1. The number of phenolic OH excluding ortho intramolecular Hbond substituents is 1. The predicted molar refractivity (Wildman–Crippen MR) is 309 cm³/mol. The predicted octanol–water partition coefficient (Wildman–Crippen LogP) is 2.01. The molecule has 1 aliphatic rings. The summed E-state index contributed by atoms with van der Waals surface area (Å²) < 4.78 is 0. The van der Waals surface area contributed by atoms with Gasteiger partial charge in [-0.05, 0) is 84.7 Å². The third-order valence-corrected chi connectivity index (χ3v) is 16.2. The third-order valence-electron chi connectivity index (χ3n) is 13.8. The van der Waals surface area contributed by atoms with E-state index in [9.17, 15) is 43.5 Å². The molecule has 2 aromatic heterocycles. The van der Waals surface area contributed by atoms with Crippen molar-refractivity contribution in [2.45, 2.75) is 107 Å². The van der Waals surface area contributed by atoms with Gasteiger partial charge in [0, 0.05) is 65.0 Å². The minimum absolute atomic E-state index is 0.00683. The summed E-state index contributed by atoms with van der Waals surface area (Å²) in [6.45, 7) is 3.68. The van der Waals surface area contributed by atoms with Crippen molar-refractivity contribution in [2.75, 3.05) is 18.1 Å². The van der Waals surface area contributed by atoms with Gasteiger partial charge in [-0.25, -0.2) is 0 Å². The number of unbranched alkanes of at least 4 members (excludes halogenated alkanes) is 1. The van der Waals surface area contributed by atoms with Gasteiger partial charge in [0.25, 0.3) is 0 Å². The summed E-state index contributed by atoms with van der Waals surface area (Å²) in [5, 5.41) is 31.3. The van der Waals surface area contributed by atoms with E-state index in [2.05, 4.69) is 47.2 Å². The zero-order valence-corrected chi connectivity index (χ0v) is 46.1. The Balaban J connectivity index is 1.25. The lowest BCUT2D eigenvalue weighted by molar-refractivity contribution is -0.136. The Morgan fingerprint density at radius 1 is 0.637 bits per heavy atom. The Labute approximate surface area is 471 Å². The number of rotatable bonds is 18. The third kappa shape index (κ3) is 16.6. The van der Waals surface area contributed by atoms with Gasteiger partial charge in [0.2, 0.25) is 47.3 Å². The molecule has 1 saturated heterocycles. The number of aromatic hydroxyl groups is 1. The molecule has 0 aliphatic carbocycles. The molecule has 4 aromatic carbocycles. The van der Waals surface area contributed by atoms with Crippen molar-refractivity contribution in [3.63, 3.8) is 0 Å². The zero-order valence-electron chi connectivity index (χ0n) is 44.5. The number of amides is 8. The molecule has 1 fully saturated rings. The van der Waals surface area contributed by atoms with Crippen molar-refractivity contribution in [3.8, 4) is 5.75 Å². The smallest absolute Gasteiger partial charge is 0.244 e. The SMILES string of the molecule is CC(C)C1NC(=O)[C@H](CCCCN)NC(=O)C(Cc2c[nH]c3ccccc23)NC(=O)[C@H](Cc2ccc(O)cc2)NC(=O)C(NC(=O)[C@H](N)Cc2ccccc2)CSSCC(C(=O)N[C@@H](Cc2c[nH]c3ccccc23)C(N)=O)NC1=O. The maximum absolute atomic E-state index is 14.9. The number of carbonyl (C=O) groups is 8. The lowest BCUT2D eigenvalue weighted by Gasteiger charge is -2.29. The van der Waals surface area contributed by atoms with Gasteiger partial charge in [-0.15, -0.1) is 0 Å². The number of aromatic amines is 2. The molecule has 8 atom stereocenters. The van der Waals surface area contributed by atoms with Crippen LogP contribution >= 0.6 is 21.6 Å². The quantitative estimate of drug-likeness (QED) is 0.0433. The Morgan fingerprint density at radius 3 is 1.86 bits per heavy atom. The van der Waals surface area contributed by atoms with E-state index in [1.165, 1.54) is 12.1 Å². The van der Waals surface area contributed by atoms with Crippen LogP contribution in [-0.4, -0.2) is 129 Å². The van der Waals surface area contributed by atoms with E-state index in [1.807, 2.05) is 66.7 Å². The van der Waals surface area contributed by atoms with Gasteiger partial charge in [0.05, 0.1) is 6.04 Å². The van der Waals surface area contributed by atoms with Gasteiger partial charge in [0.15, 0.2) is 0 Å². The number of para-hydroxylation sites is 2. The highest BCUT2D eigenvalue weighted by Gasteiger charge is 2.36. The molecule has 8 amide bonds. The van der Waals surface area contributed by atoms with Crippen molar-refractivity contribution in [1.82, 2.24) is 47.2 Å². The van der Waals surface area contributed by atoms with Crippen LogP contribution in [0.1, 0.15) is 55.4 Å². The second-order valence-corrected chi connectivity index (χ2v) is 22.7. The lowest BCUT2D eigenvalue weighted by Crippen LogP contribution is -2.61. The number of fused-ring (bicyclic) bond motifs is 2. The van der Waals surface area contributed by atoms with Gasteiger partial charge in [-0.1, -0.05) is 114 Å². The number of H-pyrrole nitrogens is 2. The molecule has 16 N–H and O–H groups in total. The van der Waals surface area contributed by atoms with Crippen LogP contribution in [0.3, 0.4) is 0 Å². The number of hydrogen-bond donors (Lipinski definition) is 13. The summed E-state index contributed by atoms with van der Waals surface area (Å²) in [5.74, 6) is -7.07. The molecule has 3 heterocycles. The number of nitrogens with two attached hydrogens (primary N) is 3. The van der Waals surface area contributed by atoms with Gasteiger partial charge in [-0.3, -0.25) is 38.4 Å². The lowest BCUT2D eigenvalue weighted by atomic mass is 10.00. The number of aromatic nitrogens is 2. The first kappa shape index (κ1) is 59.8. The first-order valence-electron chi connectivity index (χ1n) is 26.5. The Hall–Kier alpha value is -7.86. The fourth-order valence-corrected chi connectivity index (χ4v) is 11.6. The molecule has 0 spiro atoms. The summed E-state index contributed by atoms with van der Waals surface area (Å²) in [6, 6.07) is 19.5. The minimum atomic E-state index is -1.40. The van der Waals surface area contributed by atoms with Gasteiger partial charge >= 0.3 is 0 Å². The maximum Gasteiger partial charge on any atom is 0.244 e. The fraction of sp³-hybridized carbons (Fsp3) is 0.368. The molecule has 21 nitrogen and oxygen atoms in total. The zero-order chi connectivity index (χ0) is 57.3. The highest BCUT2D eigenvalue weighted by molar-refractivity contribution is 8.76. The highest BCUT2D eigenvalue weighted by atomic mass is 33.1. The average molecular weight is 1130 g/mol. The molecule has 7 rings (SSSR count). The normalized spacial score (nSPS) is 20.8. The van der Waals surface area contributed by atoms with Crippen LogP contribution in [0.15, 0.2) is 116 Å². The molecule has 0 bridgehead atoms. The average Bonchev–Trinajstić information content (AvgIpc) is 4.06. The second kappa shape index (κ2) is 28.9. The first-order chi connectivity index (χ1) is 38.5. The number of benzene rings is 4. The fourth-order valence-electron chi connectivity index (χ4n) is 9.29. The number of nitrogens with one attached hydrogen (secondary N) is 9. The number of hydrogen-bond acceptors (Lipinski definition) is 13. The van der Waals surface area contributed by atoms with E-state index < -0.39 is 102 Å². The Bertz CT molecular complexity index is 3120. The Kier molecular flexibility index (Phi) is 21.6. The number of primary amides is 1. The van der Waals surface area contributed by atoms with Crippen molar-refractivity contribution in [3.05, 3.63) is 138 Å². The van der Waals surface area contributed by atoms with Crippen LogP contribution < -0.4 is 54.4 Å². The van der Waals surface area contributed by atoms with Crippen molar-refractivity contribution < 1.29 is 43.5 Å². The van der Waals surface area contributed by atoms with E-state index in [0.717, 1.165) is 49.0 Å². The molecule has 1 aliphatic heterocycles. The molecule has 0 radical (unpaired) electrons. The van der Waals surface area contributed by atoms with Gasteiger partial charge in [0.1, 0.15) is 48.0 Å². The van der Waals surface area contributed by atoms with Gasteiger partial charge < -0.3 is 69.5 Å². The summed E-state index contributed by atoms with van der Waals surface area (Å²) >= 11 is 0. The molecule has 80 heavy (non-hydrogen) atoms. The molecule has 4 unspecified atom stereocenters. The second-order valence-electron chi connectivity index (χ2n) is 20.1. The molecular weight excluding hydrogens is 1060 g/mol. The van der Waals surface area contributed by atoms with Crippen LogP contribution in [0.2, 0.25) is 0 Å². The summed E-state index contributed by atoms with van der Waals surface area (Å²) in [5.41, 5.74) is 22.4. The maximum atomic E-state index is 14.9. The van der Waals surface area contributed by atoms with Crippen molar-refractivity contribution in [1.29, 1.82) is 0 Å². The molecule has 6 aromatic rings. The van der Waals surface area contributed by atoms with Crippen molar-refractivity contribution in [2.24, 2.45) is 23.1 Å². The van der Waals surface area contributed by atoms with Crippen LogP contribution in [0, 0.1) is 5.92 Å². The van der Waals surface area contributed by atoms with Crippen LogP contribution in [0.4, 0.5) is 0 Å². The standard InChI is InChI=1S/C57H70N12O9S2/c1-32(2)49-57(78)68-48(55(76)64-44(50(60)71)26-35-28-61-41-16-8-6-14-38(35)41)31-80-79-30-47(67-51(72)40(59)24-33-12-4-3-5-13-33)56(77)65-45(25-34-19-21-37(70)22-20-34)53(74)66-46(27-36-29-62-42-17-9-7-15-39(36)42)54(75)63-43(52(73)69-49)18-10-11-23-58/h3-9,12-17,19-22,28-29,32,40,43-49,61-62,70H,10-11,18,23-27,30-31,58-59H2,1-2H3,(H2,60,71)(H,63,75)(H,64,76)(H,65,77)(H,66,74)(H,67,72)(H,68,78)(H,69,73)/t40-,43+,44+,45+,46?,47?,48?,49?/m1/s1. The molecule has 0 saturated carbocycles. The largest absolute Gasteiger partial charge is 0.508 e. The molecular formula is C57H70N12O9S2. The van der Waals surface area contributed by atoms with E-state index in [1.54, 1.807) is 50.5 Å². The minimum Gasteiger partial charge on any atom is -0.508 e. The topological polar surface area (TPSA) is 351 Å². The Morgan fingerprint density at radius 2 is 1.21 bits per heavy atom.